The van der Waals surface area contributed by atoms with Gasteiger partial charge in [-0.1, -0.05) is 22.0 Å². The molecule has 0 aromatic heterocycles. The zero-order chi connectivity index (χ0) is 19.1. The molecular weight excluding hydrogens is 527 g/mol. The van der Waals surface area contributed by atoms with Gasteiger partial charge in [0.15, 0.2) is 5.96 Å². The van der Waals surface area contributed by atoms with E-state index in [9.17, 15) is 4.79 Å². The molecule has 0 fully saturated rings. The van der Waals surface area contributed by atoms with Gasteiger partial charge in [0, 0.05) is 16.2 Å². The molecule has 4 N–H and O–H groups in total. The Morgan fingerprint density at radius 1 is 1.11 bits per heavy atom. The van der Waals surface area contributed by atoms with Crippen LogP contribution in [0.25, 0.3) is 0 Å². The highest BCUT2D eigenvalue weighted by molar-refractivity contribution is 14.0. The summed E-state index contributed by atoms with van der Waals surface area (Å²) in [7, 11) is 3.12. The largest absolute Gasteiger partial charge is 0.497 e. The molecule has 1 amide bonds. The van der Waals surface area contributed by atoms with Crippen molar-refractivity contribution in [2.45, 2.75) is 6.92 Å². The molecule has 0 bridgehead atoms. The number of aliphatic imine (C=N–C) groups is 1. The highest BCUT2D eigenvalue weighted by Crippen LogP contribution is 2.28. The number of guanidine groups is 1. The van der Waals surface area contributed by atoms with Crippen molar-refractivity contribution in [3.05, 3.63) is 46.4 Å². The van der Waals surface area contributed by atoms with Gasteiger partial charge in [0.2, 0.25) is 5.91 Å². The van der Waals surface area contributed by atoms with E-state index in [0.717, 1.165) is 15.7 Å². The van der Waals surface area contributed by atoms with Crippen LogP contribution >= 0.6 is 39.9 Å². The summed E-state index contributed by atoms with van der Waals surface area (Å²) in [6.07, 6.45) is 0. The van der Waals surface area contributed by atoms with Gasteiger partial charge < -0.3 is 25.8 Å². The summed E-state index contributed by atoms with van der Waals surface area (Å²) >= 11 is 3.38. The maximum absolute atomic E-state index is 12.1. The molecule has 0 unspecified atom stereocenters. The Morgan fingerprint density at radius 2 is 1.85 bits per heavy atom. The van der Waals surface area contributed by atoms with Gasteiger partial charge in [-0.3, -0.25) is 4.79 Å². The number of hydrogen-bond acceptors (Lipinski definition) is 4. The summed E-state index contributed by atoms with van der Waals surface area (Å²) in [6, 6.07) is 10.9. The number of nitrogens with one attached hydrogen (secondary N) is 2. The minimum Gasteiger partial charge on any atom is -0.497 e. The van der Waals surface area contributed by atoms with E-state index in [0.29, 0.717) is 17.2 Å². The first-order chi connectivity index (χ1) is 12.4. The maximum Gasteiger partial charge on any atom is 0.246 e. The van der Waals surface area contributed by atoms with Crippen LogP contribution in [0.5, 0.6) is 11.5 Å². The van der Waals surface area contributed by atoms with Crippen molar-refractivity contribution < 1.29 is 14.3 Å². The molecule has 146 valence electrons. The second-order valence-corrected chi connectivity index (χ2v) is 6.32. The Bertz CT molecular complexity index is 830. The minimum atomic E-state index is -0.270. The van der Waals surface area contributed by atoms with Crippen LogP contribution in [0.1, 0.15) is 5.56 Å². The van der Waals surface area contributed by atoms with Gasteiger partial charge in [0.25, 0.3) is 0 Å². The van der Waals surface area contributed by atoms with Gasteiger partial charge in [-0.2, -0.15) is 0 Å². The molecule has 2 rings (SSSR count). The first kappa shape index (κ1) is 23.0. The molecular formula is C18H22BrIN4O3. The predicted octanol–water partition coefficient (Wildman–Crippen LogP) is 3.76. The van der Waals surface area contributed by atoms with E-state index in [1.165, 1.54) is 0 Å². The van der Waals surface area contributed by atoms with Gasteiger partial charge >= 0.3 is 0 Å². The number of nitrogens with two attached hydrogens (primary N) is 1. The lowest BCUT2D eigenvalue weighted by atomic mass is 10.2. The molecule has 0 aliphatic rings. The molecule has 0 heterocycles. The average Bonchev–Trinajstić information content (AvgIpc) is 2.63. The molecule has 7 nitrogen and oxygen atoms in total. The van der Waals surface area contributed by atoms with E-state index in [4.69, 9.17) is 15.2 Å². The second-order valence-electron chi connectivity index (χ2n) is 5.40. The van der Waals surface area contributed by atoms with Crippen molar-refractivity contribution in [3.63, 3.8) is 0 Å². The summed E-state index contributed by atoms with van der Waals surface area (Å²) in [4.78, 5) is 16.2. The van der Waals surface area contributed by atoms with Gasteiger partial charge in [0.05, 0.1) is 19.9 Å². The number of carbonyl (C=O) groups is 1. The predicted molar refractivity (Wildman–Crippen MR) is 123 cm³/mol. The fourth-order valence-electron chi connectivity index (χ4n) is 2.16. The van der Waals surface area contributed by atoms with E-state index < -0.39 is 0 Å². The van der Waals surface area contributed by atoms with Crippen LogP contribution < -0.4 is 25.8 Å². The third-order valence-electron chi connectivity index (χ3n) is 3.54. The number of nitrogens with zero attached hydrogens (tertiary/aromatic N) is 1. The highest BCUT2D eigenvalue weighted by Gasteiger charge is 2.08. The molecule has 0 aliphatic carbocycles. The molecule has 0 radical (unpaired) electrons. The fraction of sp³-hybridized carbons (Fsp3) is 0.222. The number of aryl methyl sites for hydroxylation is 1. The van der Waals surface area contributed by atoms with E-state index in [1.807, 2.05) is 25.1 Å². The van der Waals surface area contributed by atoms with Crippen molar-refractivity contribution in [3.8, 4) is 11.5 Å². The number of ether oxygens (including phenoxy) is 2. The van der Waals surface area contributed by atoms with Crippen LogP contribution in [0.2, 0.25) is 0 Å². The van der Waals surface area contributed by atoms with Crippen molar-refractivity contribution in [2.75, 3.05) is 31.4 Å². The van der Waals surface area contributed by atoms with Crippen molar-refractivity contribution >= 4 is 63.1 Å². The monoisotopic (exact) mass is 548 g/mol. The van der Waals surface area contributed by atoms with E-state index in [-0.39, 0.29) is 42.4 Å². The number of carbonyl (C=O) groups excluding carboxylic acids is 1. The summed E-state index contributed by atoms with van der Waals surface area (Å²) in [5.41, 5.74) is 8.14. The third kappa shape index (κ3) is 6.90. The molecule has 0 saturated carbocycles. The second kappa shape index (κ2) is 11.0. The van der Waals surface area contributed by atoms with Crippen LogP contribution in [0.15, 0.2) is 45.9 Å². The van der Waals surface area contributed by atoms with Gasteiger partial charge in [-0.15, -0.1) is 24.0 Å². The summed E-state index contributed by atoms with van der Waals surface area (Å²) in [5, 5.41) is 5.72. The molecule has 0 atom stereocenters. The van der Waals surface area contributed by atoms with Gasteiger partial charge in [-0.05, 0) is 36.8 Å². The highest BCUT2D eigenvalue weighted by atomic mass is 127. The van der Waals surface area contributed by atoms with Crippen molar-refractivity contribution in [1.82, 2.24) is 0 Å². The quantitative estimate of drug-likeness (QED) is 0.290. The van der Waals surface area contributed by atoms with Crippen molar-refractivity contribution in [1.29, 1.82) is 0 Å². The lowest BCUT2D eigenvalue weighted by Crippen LogP contribution is -2.25. The van der Waals surface area contributed by atoms with E-state index >= 15 is 0 Å². The van der Waals surface area contributed by atoms with Gasteiger partial charge in [0.1, 0.15) is 18.0 Å². The fourth-order valence-corrected chi connectivity index (χ4v) is 2.53. The zero-order valence-corrected chi connectivity index (χ0v) is 19.1. The summed E-state index contributed by atoms with van der Waals surface area (Å²) in [5.74, 6) is 1.05. The Labute approximate surface area is 183 Å². The number of rotatable bonds is 6. The first-order valence-corrected chi connectivity index (χ1v) is 8.57. The van der Waals surface area contributed by atoms with E-state index in [1.54, 1.807) is 32.4 Å². The number of anilines is 2. The Kier molecular flexibility index (Phi) is 9.36. The Hall–Kier alpha value is -2.01. The smallest absolute Gasteiger partial charge is 0.246 e. The number of hydrogen-bond donors (Lipinski definition) is 3. The van der Waals surface area contributed by atoms with Gasteiger partial charge in [-0.25, -0.2) is 4.99 Å². The lowest BCUT2D eigenvalue weighted by Gasteiger charge is -2.12. The van der Waals surface area contributed by atoms with Crippen LogP contribution in [0.3, 0.4) is 0 Å². The SMILES string of the molecule is COc1ccc(OC)c(NC(N)=NCC(=O)Nc2cc(Br)ccc2C)c1.I. The Morgan fingerprint density at radius 3 is 2.52 bits per heavy atom. The third-order valence-corrected chi connectivity index (χ3v) is 4.03. The molecule has 2 aromatic rings. The summed E-state index contributed by atoms with van der Waals surface area (Å²) < 4.78 is 11.3. The molecule has 0 aliphatic heterocycles. The maximum atomic E-state index is 12.1. The Balaban J connectivity index is 0.00000364. The molecule has 0 saturated heterocycles. The molecule has 9 heteroatoms. The van der Waals surface area contributed by atoms with Crippen LogP contribution in [0.4, 0.5) is 11.4 Å². The normalized spacial score (nSPS) is 10.6. The zero-order valence-electron chi connectivity index (χ0n) is 15.2. The first-order valence-electron chi connectivity index (χ1n) is 7.78. The topological polar surface area (TPSA) is 98.0 Å². The summed E-state index contributed by atoms with van der Waals surface area (Å²) in [6.45, 7) is 1.80. The number of halogens is 2. The average molecular weight is 549 g/mol. The van der Waals surface area contributed by atoms with Crippen LogP contribution in [-0.2, 0) is 4.79 Å². The number of methoxy groups -OCH3 is 2. The van der Waals surface area contributed by atoms with E-state index in [2.05, 4.69) is 31.6 Å². The molecule has 2 aromatic carbocycles. The molecule has 0 spiro atoms. The van der Waals surface area contributed by atoms with Crippen LogP contribution in [-0.4, -0.2) is 32.6 Å². The molecule has 27 heavy (non-hydrogen) atoms. The number of amides is 1. The van der Waals surface area contributed by atoms with Crippen molar-refractivity contribution in [2.24, 2.45) is 10.7 Å². The minimum absolute atomic E-state index is 0. The lowest BCUT2D eigenvalue weighted by molar-refractivity contribution is -0.114. The van der Waals surface area contributed by atoms with Crippen LogP contribution in [0, 0.1) is 6.92 Å². The number of benzene rings is 2. The standard InChI is InChI=1S/C18H21BrN4O3.HI/c1-11-4-5-12(19)8-14(11)22-17(24)10-21-18(20)23-15-9-13(25-2)6-7-16(15)26-3;/h4-9H,10H2,1-3H3,(H,22,24)(H3,20,21,23);1H.